The number of esters is 1. The molecule has 2 N–H and O–H groups in total. The fraction of sp³-hybridized carbons (Fsp3) is 0.462. The Hall–Kier alpha value is -5.43. The van der Waals surface area contributed by atoms with Crippen LogP contribution in [0.4, 0.5) is 0 Å². The van der Waals surface area contributed by atoms with Crippen LogP contribution in [0.25, 0.3) is 0 Å². The van der Waals surface area contributed by atoms with Crippen LogP contribution >= 0.6 is 12.4 Å². The first-order valence-electron chi connectivity index (χ1n) is 23.0. The summed E-state index contributed by atoms with van der Waals surface area (Å²) >= 11 is 0. The van der Waals surface area contributed by atoms with Gasteiger partial charge in [-0.25, -0.2) is 4.79 Å². The van der Waals surface area contributed by atoms with E-state index < -0.39 is 5.91 Å². The molecule has 65 heavy (non-hydrogen) atoms. The molecule has 3 amide bonds. The topological polar surface area (TPSA) is 135 Å². The van der Waals surface area contributed by atoms with Crippen molar-refractivity contribution in [1.82, 2.24) is 19.6 Å². The third-order valence-corrected chi connectivity index (χ3v) is 14.3. The highest BCUT2D eigenvalue weighted by atomic mass is 35.5. The Labute approximate surface area is 389 Å². The van der Waals surface area contributed by atoms with Crippen LogP contribution in [0.3, 0.4) is 0 Å². The van der Waals surface area contributed by atoms with E-state index >= 15 is 0 Å². The van der Waals surface area contributed by atoms with E-state index in [1.165, 1.54) is 45.6 Å². The van der Waals surface area contributed by atoms with E-state index in [9.17, 15) is 19.2 Å². The van der Waals surface area contributed by atoms with E-state index in [1.54, 1.807) is 48.5 Å². The number of halogens is 1. The fourth-order valence-electron chi connectivity index (χ4n) is 10.2. The molecule has 4 aliphatic heterocycles. The maximum absolute atomic E-state index is 13.2. The van der Waals surface area contributed by atoms with Crippen LogP contribution in [0.1, 0.15) is 124 Å². The van der Waals surface area contributed by atoms with Gasteiger partial charge in [0.05, 0.1) is 12.7 Å². The minimum absolute atomic E-state index is 0. The maximum Gasteiger partial charge on any atom is 0.337 e. The number of primary amides is 1. The summed E-state index contributed by atoms with van der Waals surface area (Å²) in [5.41, 5.74) is 9.89. The Morgan fingerprint density at radius 1 is 0.523 bits per heavy atom. The van der Waals surface area contributed by atoms with Gasteiger partial charge in [0.2, 0.25) is 5.91 Å². The fourth-order valence-corrected chi connectivity index (χ4v) is 10.2. The number of hydrogen-bond acceptors (Lipinski definition) is 9. The van der Waals surface area contributed by atoms with E-state index in [0.29, 0.717) is 46.2 Å². The number of rotatable bonds is 10. The molecule has 10 rings (SSSR count). The summed E-state index contributed by atoms with van der Waals surface area (Å²) in [5.74, 6) is 2.14. The van der Waals surface area contributed by atoms with Gasteiger partial charge in [0.1, 0.15) is 23.0 Å². The van der Waals surface area contributed by atoms with E-state index in [0.717, 1.165) is 112 Å². The van der Waals surface area contributed by atoms with Crippen LogP contribution < -0.4 is 15.2 Å². The van der Waals surface area contributed by atoms with Gasteiger partial charge in [-0.2, -0.15) is 0 Å². The molecule has 6 aliphatic rings. The predicted molar refractivity (Wildman–Crippen MR) is 254 cm³/mol. The average Bonchev–Trinajstić information content (AvgIpc) is 3.27. The second-order valence-electron chi connectivity index (χ2n) is 17.9. The molecule has 2 saturated heterocycles. The van der Waals surface area contributed by atoms with Gasteiger partial charge in [-0.05, 0) is 160 Å². The lowest BCUT2D eigenvalue weighted by molar-refractivity contribution is 0.0409. The van der Waals surface area contributed by atoms with Gasteiger partial charge in [-0.15, -0.1) is 12.4 Å². The molecule has 12 nitrogen and oxygen atoms in total. The number of fused-ring (bicyclic) bond motifs is 2. The molecule has 0 aromatic heterocycles. The summed E-state index contributed by atoms with van der Waals surface area (Å²) in [4.78, 5) is 58.7. The summed E-state index contributed by atoms with van der Waals surface area (Å²) in [5, 5.41) is 0. The molecular weight excluding hydrogens is 842 g/mol. The number of hydrogen-bond donors (Lipinski definition) is 1. The van der Waals surface area contributed by atoms with Crippen molar-refractivity contribution >= 4 is 36.1 Å². The molecule has 13 heteroatoms. The normalized spacial score (nSPS) is 19.5. The van der Waals surface area contributed by atoms with Gasteiger partial charge < -0.3 is 39.5 Å². The SMILES string of the molecule is C.COC(=O)c1ccc(Oc2ccc3c(c2)CCN(C2CCN(C4CCC4)CC2)C3=O)cc1.Cl.NC(=O)c1ccc(Oc2ccc3c(c2)CCN(C2CCN(C4CCC4)CC2)C3=O)cc1. The van der Waals surface area contributed by atoms with Crippen molar-refractivity contribution in [1.29, 1.82) is 0 Å². The van der Waals surface area contributed by atoms with Crippen LogP contribution in [0.5, 0.6) is 23.0 Å². The van der Waals surface area contributed by atoms with Crippen molar-refractivity contribution < 1.29 is 33.4 Å². The van der Waals surface area contributed by atoms with Crippen LogP contribution in [-0.2, 0) is 17.6 Å². The second-order valence-corrected chi connectivity index (χ2v) is 17.9. The van der Waals surface area contributed by atoms with Crippen LogP contribution in [0.2, 0.25) is 0 Å². The summed E-state index contributed by atoms with van der Waals surface area (Å²) < 4.78 is 16.6. The molecule has 0 spiro atoms. The quantitative estimate of drug-likeness (QED) is 0.155. The van der Waals surface area contributed by atoms with E-state index in [2.05, 4.69) is 19.6 Å². The van der Waals surface area contributed by atoms with Crippen molar-refractivity contribution in [3.63, 3.8) is 0 Å². The smallest absolute Gasteiger partial charge is 0.337 e. The molecule has 2 saturated carbocycles. The van der Waals surface area contributed by atoms with Crippen molar-refractivity contribution in [2.24, 2.45) is 5.73 Å². The first-order chi connectivity index (χ1) is 30.7. The summed E-state index contributed by atoms with van der Waals surface area (Å²) in [7, 11) is 1.36. The highest BCUT2D eigenvalue weighted by Crippen LogP contribution is 2.34. The number of nitrogens with zero attached hydrogens (tertiary/aromatic N) is 4. The number of ether oxygens (including phenoxy) is 3. The first-order valence-corrected chi connectivity index (χ1v) is 23.0. The van der Waals surface area contributed by atoms with Gasteiger partial charge in [0.25, 0.3) is 11.8 Å². The van der Waals surface area contributed by atoms with Crippen molar-refractivity contribution in [3.05, 3.63) is 118 Å². The number of benzene rings is 4. The third-order valence-electron chi connectivity index (χ3n) is 14.3. The molecule has 0 radical (unpaired) electrons. The Bertz CT molecular complexity index is 2300. The molecule has 0 unspecified atom stereocenters. The average molecular weight is 907 g/mol. The van der Waals surface area contributed by atoms with Crippen LogP contribution in [0.15, 0.2) is 84.9 Å². The van der Waals surface area contributed by atoms with Gasteiger partial charge in [0, 0.05) is 80.1 Å². The third kappa shape index (κ3) is 10.7. The highest BCUT2D eigenvalue weighted by Gasteiger charge is 2.36. The Morgan fingerprint density at radius 3 is 1.26 bits per heavy atom. The molecule has 4 heterocycles. The number of likely N-dealkylation sites (tertiary alicyclic amines) is 2. The van der Waals surface area contributed by atoms with Crippen molar-refractivity contribution in [2.45, 2.75) is 109 Å². The number of nitrogens with two attached hydrogens (primary N) is 1. The number of methoxy groups -OCH3 is 1. The largest absolute Gasteiger partial charge is 0.465 e. The lowest BCUT2D eigenvalue weighted by Crippen LogP contribution is -2.52. The zero-order valence-corrected chi connectivity index (χ0v) is 37.6. The van der Waals surface area contributed by atoms with E-state index in [-0.39, 0.29) is 37.6 Å². The number of piperidine rings is 2. The molecule has 0 atom stereocenters. The Kier molecular flexibility index (Phi) is 15.5. The predicted octanol–water partition coefficient (Wildman–Crippen LogP) is 8.93. The summed E-state index contributed by atoms with van der Waals surface area (Å²) in [6, 6.07) is 27.3. The molecule has 4 fully saturated rings. The zero-order chi connectivity index (χ0) is 43.5. The molecular formula is C52H64ClN5O7. The highest BCUT2D eigenvalue weighted by molar-refractivity contribution is 5.98. The molecule has 4 aromatic carbocycles. The summed E-state index contributed by atoms with van der Waals surface area (Å²) in [6.07, 6.45) is 14.2. The summed E-state index contributed by atoms with van der Waals surface area (Å²) in [6.45, 7) is 6.02. The van der Waals surface area contributed by atoms with Crippen LogP contribution in [-0.4, -0.2) is 114 Å². The minimum Gasteiger partial charge on any atom is -0.465 e. The standard InChI is InChI=1S/C26H30N2O4.C25H29N3O3.CH4.ClH/c1-31-26(30)18-5-7-22(8-6-18)32-23-9-10-24-19(17-23)11-16-28(25(24)29)21-12-14-27(15-13-21)20-3-2-4-20;26-24(29)17-4-6-21(7-5-17)31-22-8-9-23-18(16-22)10-15-28(25(23)30)20-11-13-27(14-12-20)19-2-1-3-19;;/h5-10,17,20-21H,2-4,11-16H2,1H3;4-9,16,19-20H,1-3,10-15H2,(H2,26,29);1H4;1H. The van der Waals surface area contributed by atoms with E-state index in [1.807, 2.05) is 36.4 Å². The van der Waals surface area contributed by atoms with Gasteiger partial charge in [-0.1, -0.05) is 20.3 Å². The van der Waals surface area contributed by atoms with Gasteiger partial charge in [0.15, 0.2) is 0 Å². The zero-order valence-electron chi connectivity index (χ0n) is 36.8. The Balaban J connectivity index is 0.000000188. The van der Waals surface area contributed by atoms with Gasteiger partial charge in [-0.3, -0.25) is 14.4 Å². The minimum atomic E-state index is -0.461. The monoisotopic (exact) mass is 905 g/mol. The lowest BCUT2D eigenvalue weighted by Gasteiger charge is -2.45. The maximum atomic E-state index is 13.2. The number of amides is 3. The van der Waals surface area contributed by atoms with Crippen molar-refractivity contribution in [2.75, 3.05) is 46.4 Å². The second kappa shape index (κ2) is 21.3. The molecule has 0 bridgehead atoms. The van der Waals surface area contributed by atoms with Gasteiger partial charge >= 0.3 is 5.97 Å². The number of carbonyl (C=O) groups is 4. The molecule has 4 aromatic rings. The van der Waals surface area contributed by atoms with E-state index in [4.69, 9.17) is 19.9 Å². The Morgan fingerprint density at radius 2 is 0.908 bits per heavy atom. The molecule has 346 valence electrons. The first kappa shape index (κ1) is 47.5. The number of carbonyl (C=O) groups excluding carboxylic acids is 4. The van der Waals surface area contributed by atoms with Crippen molar-refractivity contribution in [3.8, 4) is 23.0 Å². The lowest BCUT2D eigenvalue weighted by atomic mass is 9.88. The van der Waals surface area contributed by atoms with Crippen LogP contribution in [0, 0.1) is 0 Å². The molecule has 2 aliphatic carbocycles.